The highest BCUT2D eigenvalue weighted by Gasteiger charge is 2.18. The van der Waals surface area contributed by atoms with E-state index >= 15 is 0 Å². The summed E-state index contributed by atoms with van der Waals surface area (Å²) in [5, 5.41) is 3.46. The number of nitrogens with zero attached hydrogens (tertiary/aromatic N) is 1. The largest absolute Gasteiger partial charge is 0.382 e. The molecule has 0 aromatic heterocycles. The van der Waals surface area contributed by atoms with Crippen LogP contribution < -0.4 is 5.32 Å². The highest BCUT2D eigenvalue weighted by Crippen LogP contribution is 2.21. The van der Waals surface area contributed by atoms with Gasteiger partial charge in [0.25, 0.3) is 0 Å². The summed E-state index contributed by atoms with van der Waals surface area (Å²) in [6.45, 7) is 6.60. The van der Waals surface area contributed by atoms with Crippen molar-refractivity contribution in [2.75, 3.05) is 19.4 Å². The molecule has 4 nitrogen and oxygen atoms in total. The van der Waals surface area contributed by atoms with Gasteiger partial charge in [0.1, 0.15) is 0 Å². The SMILES string of the molecule is CCC(C)CC(CC)Nc1cccc(S(=O)(=O)N(C)C)c1. The lowest BCUT2D eigenvalue weighted by Crippen LogP contribution is -2.23. The molecule has 1 N–H and O–H groups in total. The first-order valence-corrected chi connectivity index (χ1v) is 9.04. The predicted octanol–water partition coefficient (Wildman–Crippen LogP) is 3.56. The smallest absolute Gasteiger partial charge is 0.242 e. The number of nitrogens with one attached hydrogen (secondary N) is 1. The number of rotatable bonds is 8. The molecule has 120 valence electrons. The summed E-state index contributed by atoms with van der Waals surface area (Å²) >= 11 is 0. The van der Waals surface area contributed by atoms with Crippen LogP contribution in [0.5, 0.6) is 0 Å². The van der Waals surface area contributed by atoms with E-state index in [1.54, 1.807) is 32.3 Å². The lowest BCUT2D eigenvalue weighted by atomic mass is 9.97. The molecular weight excluding hydrogens is 284 g/mol. The number of benzene rings is 1. The molecule has 0 bridgehead atoms. The van der Waals surface area contributed by atoms with Crippen molar-refractivity contribution >= 4 is 15.7 Å². The minimum absolute atomic E-state index is 0.330. The van der Waals surface area contributed by atoms with Crippen LogP contribution in [0, 0.1) is 5.92 Å². The minimum atomic E-state index is -3.38. The standard InChI is InChI=1S/C16H28N2O2S/c1-6-13(3)11-14(7-2)17-15-9-8-10-16(12-15)21(19,20)18(4)5/h8-10,12-14,17H,6-7,11H2,1-5H3. The Hall–Kier alpha value is -1.07. The molecule has 0 radical (unpaired) electrons. The highest BCUT2D eigenvalue weighted by atomic mass is 32.2. The van der Waals surface area contributed by atoms with Crippen LogP contribution in [-0.2, 0) is 10.0 Å². The van der Waals surface area contributed by atoms with E-state index in [1.807, 2.05) is 6.07 Å². The quantitative estimate of drug-likeness (QED) is 0.798. The molecule has 5 heteroatoms. The van der Waals surface area contributed by atoms with Gasteiger partial charge in [0, 0.05) is 25.8 Å². The Labute approximate surface area is 129 Å². The molecule has 1 aromatic carbocycles. The van der Waals surface area contributed by atoms with E-state index in [-0.39, 0.29) is 0 Å². The summed E-state index contributed by atoms with van der Waals surface area (Å²) in [4.78, 5) is 0.330. The molecule has 2 atom stereocenters. The minimum Gasteiger partial charge on any atom is -0.382 e. The molecule has 0 spiro atoms. The van der Waals surface area contributed by atoms with Gasteiger partial charge < -0.3 is 5.32 Å². The zero-order valence-corrected chi connectivity index (χ0v) is 14.6. The first kappa shape index (κ1) is 18.0. The summed E-state index contributed by atoms with van der Waals surface area (Å²) in [6, 6.07) is 7.44. The van der Waals surface area contributed by atoms with E-state index in [9.17, 15) is 8.42 Å². The summed E-state index contributed by atoms with van der Waals surface area (Å²) in [6.07, 6.45) is 3.28. The molecule has 0 amide bonds. The van der Waals surface area contributed by atoms with Crippen molar-refractivity contribution < 1.29 is 8.42 Å². The maximum Gasteiger partial charge on any atom is 0.242 e. The fourth-order valence-electron chi connectivity index (χ4n) is 2.17. The Balaban J connectivity index is 2.90. The Kier molecular flexibility index (Phi) is 6.68. The number of sulfonamides is 1. The van der Waals surface area contributed by atoms with Crippen LogP contribution in [-0.4, -0.2) is 32.9 Å². The lowest BCUT2D eigenvalue weighted by Gasteiger charge is -2.22. The highest BCUT2D eigenvalue weighted by molar-refractivity contribution is 7.89. The van der Waals surface area contributed by atoms with E-state index in [0.717, 1.165) is 24.9 Å². The van der Waals surface area contributed by atoms with Crippen LogP contribution >= 0.6 is 0 Å². The summed E-state index contributed by atoms with van der Waals surface area (Å²) < 4.78 is 25.6. The maximum absolute atomic E-state index is 12.2. The van der Waals surface area contributed by atoms with Gasteiger partial charge in [-0.05, 0) is 37.0 Å². The molecule has 0 heterocycles. The summed E-state index contributed by atoms with van der Waals surface area (Å²) in [5.41, 5.74) is 0.869. The molecule has 1 rings (SSSR count). The maximum atomic E-state index is 12.2. The average Bonchev–Trinajstić information content (AvgIpc) is 2.46. The lowest BCUT2D eigenvalue weighted by molar-refractivity contribution is 0.461. The van der Waals surface area contributed by atoms with Gasteiger partial charge in [0.15, 0.2) is 0 Å². The van der Waals surface area contributed by atoms with E-state index in [1.165, 1.54) is 4.31 Å². The second-order valence-electron chi connectivity index (χ2n) is 5.81. The van der Waals surface area contributed by atoms with Crippen molar-refractivity contribution in [1.82, 2.24) is 4.31 Å². The van der Waals surface area contributed by atoms with Crippen molar-refractivity contribution in [3.8, 4) is 0 Å². The van der Waals surface area contributed by atoms with E-state index in [4.69, 9.17) is 0 Å². The summed E-state index contributed by atoms with van der Waals surface area (Å²) in [7, 11) is -0.279. The van der Waals surface area contributed by atoms with Crippen LogP contribution in [0.15, 0.2) is 29.2 Å². The van der Waals surface area contributed by atoms with Gasteiger partial charge in [-0.3, -0.25) is 0 Å². The molecule has 2 unspecified atom stereocenters. The van der Waals surface area contributed by atoms with Gasteiger partial charge in [0.05, 0.1) is 4.90 Å². The van der Waals surface area contributed by atoms with Crippen LogP contribution in [0.4, 0.5) is 5.69 Å². The van der Waals surface area contributed by atoms with Gasteiger partial charge in [-0.25, -0.2) is 12.7 Å². The number of hydrogen-bond acceptors (Lipinski definition) is 3. The van der Waals surface area contributed by atoms with Crippen molar-refractivity contribution in [3.05, 3.63) is 24.3 Å². The third kappa shape index (κ3) is 5.00. The average molecular weight is 312 g/mol. The normalized spacial score (nSPS) is 15.0. The molecule has 1 aromatic rings. The van der Waals surface area contributed by atoms with E-state index in [0.29, 0.717) is 16.9 Å². The first-order valence-electron chi connectivity index (χ1n) is 7.60. The van der Waals surface area contributed by atoms with Crippen LogP contribution in [0.25, 0.3) is 0 Å². The van der Waals surface area contributed by atoms with E-state index < -0.39 is 10.0 Å². The Morgan fingerprint density at radius 3 is 2.38 bits per heavy atom. The predicted molar refractivity (Wildman–Crippen MR) is 89.1 cm³/mol. The monoisotopic (exact) mass is 312 g/mol. The van der Waals surface area contributed by atoms with Gasteiger partial charge in [-0.15, -0.1) is 0 Å². The molecule has 0 aliphatic carbocycles. The van der Waals surface area contributed by atoms with Gasteiger partial charge in [0.2, 0.25) is 10.0 Å². The van der Waals surface area contributed by atoms with Crippen LogP contribution in [0.1, 0.15) is 40.0 Å². The first-order chi connectivity index (χ1) is 9.81. The second kappa shape index (κ2) is 7.80. The fourth-order valence-corrected chi connectivity index (χ4v) is 3.12. The van der Waals surface area contributed by atoms with Gasteiger partial charge in [-0.2, -0.15) is 0 Å². The van der Waals surface area contributed by atoms with Gasteiger partial charge in [-0.1, -0.05) is 33.3 Å². The van der Waals surface area contributed by atoms with Gasteiger partial charge >= 0.3 is 0 Å². The van der Waals surface area contributed by atoms with Crippen molar-refractivity contribution in [2.24, 2.45) is 5.92 Å². The molecule has 0 saturated heterocycles. The van der Waals surface area contributed by atoms with Crippen molar-refractivity contribution in [2.45, 2.75) is 51.0 Å². The third-order valence-electron chi connectivity index (χ3n) is 3.86. The van der Waals surface area contributed by atoms with Crippen molar-refractivity contribution in [1.29, 1.82) is 0 Å². The molecule has 21 heavy (non-hydrogen) atoms. The Morgan fingerprint density at radius 1 is 1.19 bits per heavy atom. The Bertz CT molecular complexity index is 541. The zero-order valence-electron chi connectivity index (χ0n) is 13.8. The van der Waals surface area contributed by atoms with Crippen LogP contribution in [0.3, 0.4) is 0 Å². The van der Waals surface area contributed by atoms with E-state index in [2.05, 4.69) is 26.1 Å². The molecule has 0 aliphatic rings. The number of hydrogen-bond donors (Lipinski definition) is 1. The topological polar surface area (TPSA) is 49.4 Å². The molecule has 0 saturated carbocycles. The molecule has 0 aliphatic heterocycles. The molecule has 0 fully saturated rings. The molecular formula is C16H28N2O2S. The zero-order chi connectivity index (χ0) is 16.0. The Morgan fingerprint density at radius 2 is 1.86 bits per heavy atom. The fraction of sp³-hybridized carbons (Fsp3) is 0.625. The number of anilines is 1. The second-order valence-corrected chi connectivity index (χ2v) is 7.97. The third-order valence-corrected chi connectivity index (χ3v) is 5.67. The van der Waals surface area contributed by atoms with Crippen LogP contribution in [0.2, 0.25) is 0 Å². The van der Waals surface area contributed by atoms with Crippen molar-refractivity contribution in [3.63, 3.8) is 0 Å². The summed E-state index contributed by atoms with van der Waals surface area (Å²) in [5.74, 6) is 0.663.